The standard InChI is InChI=1S/C16H22O2/c1-11(2)12-6-8-13(9-7-12)14-4-3-5-15(10-14)16(17)18/h6-9,11,14-15H,3-5,10H2,1-2H3,(H,17,18). The fourth-order valence-electron chi connectivity index (χ4n) is 2.87. The van der Waals surface area contributed by atoms with Gasteiger partial charge in [-0.25, -0.2) is 0 Å². The van der Waals surface area contributed by atoms with E-state index in [0.717, 1.165) is 25.7 Å². The van der Waals surface area contributed by atoms with E-state index >= 15 is 0 Å². The third kappa shape index (κ3) is 2.92. The molecule has 1 aromatic carbocycles. The molecule has 1 aliphatic carbocycles. The molecular weight excluding hydrogens is 224 g/mol. The molecule has 2 atom stereocenters. The van der Waals surface area contributed by atoms with E-state index in [1.54, 1.807) is 0 Å². The number of carboxylic acid groups (broad SMARTS) is 1. The molecule has 18 heavy (non-hydrogen) atoms. The zero-order valence-electron chi connectivity index (χ0n) is 11.2. The van der Waals surface area contributed by atoms with E-state index in [1.165, 1.54) is 11.1 Å². The fraction of sp³-hybridized carbons (Fsp3) is 0.562. The molecular formula is C16H22O2. The first-order chi connectivity index (χ1) is 8.58. The summed E-state index contributed by atoms with van der Waals surface area (Å²) in [4.78, 5) is 11.1. The van der Waals surface area contributed by atoms with Crippen LogP contribution in [0.15, 0.2) is 24.3 Å². The minimum Gasteiger partial charge on any atom is -0.481 e. The fourth-order valence-corrected chi connectivity index (χ4v) is 2.87. The molecule has 1 aromatic rings. The van der Waals surface area contributed by atoms with Crippen molar-refractivity contribution in [2.75, 3.05) is 0 Å². The minimum atomic E-state index is -0.626. The minimum absolute atomic E-state index is 0.145. The molecule has 2 rings (SSSR count). The molecule has 1 aliphatic rings. The summed E-state index contributed by atoms with van der Waals surface area (Å²) in [7, 11) is 0. The van der Waals surface area contributed by atoms with Crippen LogP contribution in [-0.4, -0.2) is 11.1 Å². The van der Waals surface area contributed by atoms with Crippen molar-refractivity contribution in [2.45, 2.75) is 51.4 Å². The average Bonchev–Trinajstić information content (AvgIpc) is 2.39. The Balaban J connectivity index is 2.09. The summed E-state index contributed by atoms with van der Waals surface area (Å²) in [6.07, 6.45) is 3.81. The average molecular weight is 246 g/mol. The maximum atomic E-state index is 11.1. The highest BCUT2D eigenvalue weighted by Gasteiger charge is 2.27. The van der Waals surface area contributed by atoms with Crippen molar-refractivity contribution in [3.8, 4) is 0 Å². The quantitative estimate of drug-likeness (QED) is 0.869. The van der Waals surface area contributed by atoms with Gasteiger partial charge in [0.05, 0.1) is 5.92 Å². The van der Waals surface area contributed by atoms with Gasteiger partial charge in [-0.05, 0) is 42.2 Å². The zero-order chi connectivity index (χ0) is 13.1. The Kier molecular flexibility index (Phi) is 4.05. The monoisotopic (exact) mass is 246 g/mol. The Hall–Kier alpha value is -1.31. The predicted molar refractivity (Wildman–Crippen MR) is 72.9 cm³/mol. The van der Waals surface area contributed by atoms with Gasteiger partial charge in [0.2, 0.25) is 0 Å². The SMILES string of the molecule is CC(C)c1ccc(C2CCCC(C(=O)O)C2)cc1. The smallest absolute Gasteiger partial charge is 0.306 e. The summed E-state index contributed by atoms with van der Waals surface area (Å²) < 4.78 is 0. The van der Waals surface area contributed by atoms with E-state index in [4.69, 9.17) is 5.11 Å². The van der Waals surface area contributed by atoms with Crippen LogP contribution >= 0.6 is 0 Å². The van der Waals surface area contributed by atoms with Gasteiger partial charge in [0.25, 0.3) is 0 Å². The maximum Gasteiger partial charge on any atom is 0.306 e. The highest BCUT2D eigenvalue weighted by Crippen LogP contribution is 2.36. The molecule has 0 aromatic heterocycles. The second-order valence-corrected chi connectivity index (χ2v) is 5.72. The van der Waals surface area contributed by atoms with E-state index in [9.17, 15) is 4.79 Å². The van der Waals surface area contributed by atoms with Crippen LogP contribution in [0.2, 0.25) is 0 Å². The van der Waals surface area contributed by atoms with E-state index in [2.05, 4.69) is 38.1 Å². The molecule has 0 saturated heterocycles. The van der Waals surface area contributed by atoms with Crippen molar-refractivity contribution in [3.05, 3.63) is 35.4 Å². The lowest BCUT2D eigenvalue weighted by atomic mass is 9.78. The Labute approximate surface area is 109 Å². The highest BCUT2D eigenvalue weighted by atomic mass is 16.4. The Morgan fingerprint density at radius 3 is 2.44 bits per heavy atom. The lowest BCUT2D eigenvalue weighted by molar-refractivity contribution is -0.142. The van der Waals surface area contributed by atoms with Gasteiger partial charge >= 0.3 is 5.97 Å². The van der Waals surface area contributed by atoms with Crippen molar-refractivity contribution >= 4 is 5.97 Å². The first kappa shape index (κ1) is 13.1. The van der Waals surface area contributed by atoms with E-state index in [-0.39, 0.29) is 5.92 Å². The van der Waals surface area contributed by atoms with Crippen LogP contribution in [0, 0.1) is 5.92 Å². The van der Waals surface area contributed by atoms with Crippen molar-refractivity contribution < 1.29 is 9.90 Å². The third-order valence-electron chi connectivity index (χ3n) is 4.10. The normalized spacial score (nSPS) is 24.2. The predicted octanol–water partition coefficient (Wildman–Crippen LogP) is 4.17. The van der Waals surface area contributed by atoms with Crippen molar-refractivity contribution in [2.24, 2.45) is 5.92 Å². The zero-order valence-corrected chi connectivity index (χ0v) is 11.2. The van der Waals surface area contributed by atoms with Crippen LogP contribution in [-0.2, 0) is 4.79 Å². The maximum absolute atomic E-state index is 11.1. The van der Waals surface area contributed by atoms with Gasteiger partial charge in [-0.15, -0.1) is 0 Å². The number of hydrogen-bond acceptors (Lipinski definition) is 1. The Morgan fingerprint density at radius 2 is 1.89 bits per heavy atom. The number of carboxylic acids is 1. The van der Waals surface area contributed by atoms with Gasteiger partial charge in [-0.2, -0.15) is 0 Å². The molecule has 0 spiro atoms. The molecule has 0 aliphatic heterocycles. The van der Waals surface area contributed by atoms with Crippen LogP contribution in [0.5, 0.6) is 0 Å². The number of rotatable bonds is 3. The molecule has 0 heterocycles. The van der Waals surface area contributed by atoms with Crippen LogP contribution in [0.25, 0.3) is 0 Å². The second kappa shape index (κ2) is 5.55. The number of aliphatic carboxylic acids is 1. The van der Waals surface area contributed by atoms with Gasteiger partial charge in [-0.1, -0.05) is 44.5 Å². The topological polar surface area (TPSA) is 37.3 Å². The van der Waals surface area contributed by atoms with Crippen LogP contribution in [0.1, 0.15) is 62.5 Å². The molecule has 2 unspecified atom stereocenters. The molecule has 1 fully saturated rings. The van der Waals surface area contributed by atoms with Gasteiger partial charge < -0.3 is 5.11 Å². The number of hydrogen-bond donors (Lipinski definition) is 1. The summed E-state index contributed by atoms with van der Waals surface area (Å²) in [6.45, 7) is 4.38. The molecule has 1 saturated carbocycles. The first-order valence-corrected chi connectivity index (χ1v) is 6.90. The summed E-state index contributed by atoms with van der Waals surface area (Å²) >= 11 is 0. The van der Waals surface area contributed by atoms with Crippen LogP contribution in [0.4, 0.5) is 0 Å². The van der Waals surface area contributed by atoms with Crippen molar-refractivity contribution in [1.29, 1.82) is 0 Å². The second-order valence-electron chi connectivity index (χ2n) is 5.72. The molecule has 0 bridgehead atoms. The summed E-state index contributed by atoms with van der Waals surface area (Å²) in [5.41, 5.74) is 2.66. The lowest BCUT2D eigenvalue weighted by Gasteiger charge is -2.27. The summed E-state index contributed by atoms with van der Waals surface area (Å²) in [5.74, 6) is 0.213. The lowest BCUT2D eigenvalue weighted by Crippen LogP contribution is -2.21. The van der Waals surface area contributed by atoms with Gasteiger partial charge in [0.15, 0.2) is 0 Å². The van der Waals surface area contributed by atoms with E-state index < -0.39 is 5.97 Å². The van der Waals surface area contributed by atoms with Crippen molar-refractivity contribution in [3.63, 3.8) is 0 Å². The summed E-state index contributed by atoms with van der Waals surface area (Å²) in [5, 5.41) is 9.12. The highest BCUT2D eigenvalue weighted by molar-refractivity contribution is 5.70. The first-order valence-electron chi connectivity index (χ1n) is 6.90. The number of carbonyl (C=O) groups is 1. The van der Waals surface area contributed by atoms with E-state index in [0.29, 0.717) is 11.8 Å². The van der Waals surface area contributed by atoms with Gasteiger partial charge in [-0.3, -0.25) is 4.79 Å². The van der Waals surface area contributed by atoms with E-state index in [1.807, 2.05) is 0 Å². The molecule has 1 N–H and O–H groups in total. The van der Waals surface area contributed by atoms with Crippen LogP contribution < -0.4 is 0 Å². The number of benzene rings is 1. The largest absolute Gasteiger partial charge is 0.481 e. The Morgan fingerprint density at radius 1 is 1.22 bits per heavy atom. The van der Waals surface area contributed by atoms with Crippen LogP contribution in [0.3, 0.4) is 0 Å². The molecule has 2 nitrogen and oxygen atoms in total. The molecule has 0 radical (unpaired) electrons. The molecule has 0 amide bonds. The molecule has 2 heteroatoms. The molecule has 98 valence electrons. The summed E-state index contributed by atoms with van der Waals surface area (Å²) in [6, 6.07) is 8.74. The third-order valence-corrected chi connectivity index (χ3v) is 4.10. The Bertz CT molecular complexity index is 406. The van der Waals surface area contributed by atoms with Gasteiger partial charge in [0, 0.05) is 0 Å². The van der Waals surface area contributed by atoms with Gasteiger partial charge in [0.1, 0.15) is 0 Å². The van der Waals surface area contributed by atoms with Crippen molar-refractivity contribution in [1.82, 2.24) is 0 Å².